The molecule has 2 heterocycles. The Morgan fingerprint density at radius 2 is 2.29 bits per heavy atom. The van der Waals surface area contributed by atoms with Crippen LogP contribution in [0.1, 0.15) is 28.5 Å². The molecule has 0 saturated heterocycles. The standard InChI is InChI=1S/C17H19N3O/c1-20-12-13(8-15(20)9-18)10-19-11-17-16-5-3-2-4-14(16)6-7-21-17/h2-5,8,12,17,19H,6-7,10-11H2,1H3. The first-order valence-electron chi connectivity index (χ1n) is 7.23. The third-order valence-electron chi connectivity index (χ3n) is 3.93. The van der Waals surface area contributed by atoms with E-state index in [1.165, 1.54) is 11.1 Å². The van der Waals surface area contributed by atoms with E-state index in [2.05, 4.69) is 35.7 Å². The fourth-order valence-electron chi connectivity index (χ4n) is 2.83. The maximum atomic E-state index is 8.96. The highest BCUT2D eigenvalue weighted by atomic mass is 16.5. The van der Waals surface area contributed by atoms with Crippen molar-refractivity contribution in [1.29, 1.82) is 5.26 Å². The average Bonchev–Trinajstić information content (AvgIpc) is 2.87. The molecular formula is C17H19N3O. The SMILES string of the molecule is Cn1cc(CNCC2OCCc3ccccc32)cc1C#N. The van der Waals surface area contributed by atoms with Crippen LogP contribution in [0.4, 0.5) is 0 Å². The average molecular weight is 281 g/mol. The smallest absolute Gasteiger partial charge is 0.120 e. The first-order chi connectivity index (χ1) is 10.3. The Morgan fingerprint density at radius 1 is 1.43 bits per heavy atom. The zero-order valence-electron chi connectivity index (χ0n) is 12.2. The van der Waals surface area contributed by atoms with Crippen molar-refractivity contribution in [2.75, 3.05) is 13.2 Å². The van der Waals surface area contributed by atoms with Gasteiger partial charge in [-0.25, -0.2) is 0 Å². The summed E-state index contributed by atoms with van der Waals surface area (Å²) in [5.41, 5.74) is 4.49. The number of nitriles is 1. The zero-order chi connectivity index (χ0) is 14.7. The highest BCUT2D eigenvalue weighted by molar-refractivity contribution is 5.31. The second-order valence-corrected chi connectivity index (χ2v) is 5.40. The summed E-state index contributed by atoms with van der Waals surface area (Å²) >= 11 is 0. The Morgan fingerprint density at radius 3 is 3.10 bits per heavy atom. The highest BCUT2D eigenvalue weighted by Gasteiger charge is 2.19. The molecule has 0 amide bonds. The van der Waals surface area contributed by atoms with Gasteiger partial charge in [-0.3, -0.25) is 0 Å². The summed E-state index contributed by atoms with van der Waals surface area (Å²) in [6.45, 7) is 2.32. The number of benzene rings is 1. The van der Waals surface area contributed by atoms with Gasteiger partial charge in [-0.15, -0.1) is 0 Å². The molecule has 108 valence electrons. The number of aryl methyl sites for hydroxylation is 1. The molecule has 0 radical (unpaired) electrons. The zero-order valence-corrected chi connectivity index (χ0v) is 12.2. The molecule has 1 aromatic carbocycles. The van der Waals surface area contributed by atoms with Gasteiger partial charge in [-0.2, -0.15) is 5.26 Å². The number of nitrogens with one attached hydrogen (secondary N) is 1. The van der Waals surface area contributed by atoms with Crippen molar-refractivity contribution in [2.45, 2.75) is 19.1 Å². The van der Waals surface area contributed by atoms with Gasteiger partial charge >= 0.3 is 0 Å². The van der Waals surface area contributed by atoms with Crippen LogP contribution in [0.25, 0.3) is 0 Å². The Balaban J connectivity index is 1.60. The van der Waals surface area contributed by atoms with Crippen molar-refractivity contribution >= 4 is 0 Å². The van der Waals surface area contributed by atoms with Crippen molar-refractivity contribution in [3.8, 4) is 6.07 Å². The third kappa shape index (κ3) is 2.99. The summed E-state index contributed by atoms with van der Waals surface area (Å²) in [4.78, 5) is 0. The molecular weight excluding hydrogens is 262 g/mol. The minimum absolute atomic E-state index is 0.120. The van der Waals surface area contributed by atoms with E-state index in [4.69, 9.17) is 10.00 Å². The molecule has 1 aliphatic heterocycles. The maximum Gasteiger partial charge on any atom is 0.120 e. The molecule has 3 rings (SSSR count). The predicted molar refractivity (Wildman–Crippen MR) is 80.7 cm³/mol. The van der Waals surface area contributed by atoms with Crippen molar-refractivity contribution in [2.24, 2.45) is 7.05 Å². The van der Waals surface area contributed by atoms with E-state index in [0.29, 0.717) is 5.69 Å². The van der Waals surface area contributed by atoms with Gasteiger partial charge in [0.15, 0.2) is 0 Å². The van der Waals surface area contributed by atoms with E-state index >= 15 is 0 Å². The molecule has 4 heteroatoms. The molecule has 0 spiro atoms. The summed E-state index contributed by atoms with van der Waals surface area (Å²) in [5.74, 6) is 0. The first-order valence-corrected chi connectivity index (χ1v) is 7.23. The van der Waals surface area contributed by atoms with Crippen molar-refractivity contribution < 1.29 is 4.74 Å². The molecule has 0 fully saturated rings. The Bertz CT molecular complexity index is 669. The van der Waals surface area contributed by atoms with Gasteiger partial charge in [0.25, 0.3) is 0 Å². The molecule has 1 atom stereocenters. The molecule has 0 bridgehead atoms. The van der Waals surface area contributed by atoms with Crippen LogP contribution in [-0.4, -0.2) is 17.7 Å². The van der Waals surface area contributed by atoms with Crippen LogP contribution < -0.4 is 5.32 Å². The van der Waals surface area contributed by atoms with Crippen molar-refractivity contribution in [1.82, 2.24) is 9.88 Å². The Hall–Kier alpha value is -2.09. The van der Waals surface area contributed by atoms with E-state index < -0.39 is 0 Å². The summed E-state index contributed by atoms with van der Waals surface area (Å²) in [6.07, 6.45) is 3.10. The molecule has 1 unspecified atom stereocenters. The predicted octanol–water partition coefficient (Wildman–Crippen LogP) is 2.30. The van der Waals surface area contributed by atoms with E-state index in [0.717, 1.165) is 31.7 Å². The summed E-state index contributed by atoms with van der Waals surface area (Å²) < 4.78 is 7.72. The maximum absolute atomic E-state index is 8.96. The Kier molecular flexibility index (Phi) is 4.05. The number of hydrogen-bond donors (Lipinski definition) is 1. The minimum atomic E-state index is 0.120. The lowest BCUT2D eigenvalue weighted by atomic mass is 9.97. The largest absolute Gasteiger partial charge is 0.372 e. The number of rotatable bonds is 4. The highest BCUT2D eigenvalue weighted by Crippen LogP contribution is 2.26. The van der Waals surface area contributed by atoms with E-state index in [1.54, 1.807) is 0 Å². The van der Waals surface area contributed by atoms with Gasteiger partial charge in [0.1, 0.15) is 11.8 Å². The van der Waals surface area contributed by atoms with E-state index in [-0.39, 0.29) is 6.10 Å². The number of nitrogens with zero attached hydrogens (tertiary/aromatic N) is 2. The molecule has 21 heavy (non-hydrogen) atoms. The van der Waals surface area contributed by atoms with Gasteiger partial charge in [0.05, 0.1) is 12.7 Å². The summed E-state index contributed by atoms with van der Waals surface area (Å²) in [5, 5.41) is 12.4. The fourth-order valence-corrected chi connectivity index (χ4v) is 2.83. The van der Waals surface area contributed by atoms with E-state index in [9.17, 15) is 0 Å². The second-order valence-electron chi connectivity index (χ2n) is 5.40. The summed E-state index contributed by atoms with van der Waals surface area (Å²) in [6, 6.07) is 12.6. The minimum Gasteiger partial charge on any atom is -0.372 e. The van der Waals surface area contributed by atoms with Crippen molar-refractivity contribution in [3.05, 3.63) is 58.9 Å². The molecule has 1 aromatic heterocycles. The molecule has 1 aliphatic rings. The van der Waals surface area contributed by atoms with Crippen LogP contribution in [0.5, 0.6) is 0 Å². The van der Waals surface area contributed by atoms with Gasteiger partial charge in [0, 0.05) is 26.3 Å². The molecule has 2 aromatic rings. The molecule has 4 nitrogen and oxygen atoms in total. The van der Waals surface area contributed by atoms with Crippen LogP contribution in [0.15, 0.2) is 36.5 Å². The van der Waals surface area contributed by atoms with Gasteiger partial charge < -0.3 is 14.6 Å². The van der Waals surface area contributed by atoms with Crippen LogP contribution in [0.3, 0.4) is 0 Å². The lowest BCUT2D eigenvalue weighted by Crippen LogP contribution is -2.27. The monoisotopic (exact) mass is 281 g/mol. The number of fused-ring (bicyclic) bond motifs is 1. The second kappa shape index (κ2) is 6.13. The number of ether oxygens (including phenoxy) is 1. The van der Waals surface area contributed by atoms with Crippen LogP contribution in [0.2, 0.25) is 0 Å². The van der Waals surface area contributed by atoms with Crippen LogP contribution >= 0.6 is 0 Å². The van der Waals surface area contributed by atoms with Gasteiger partial charge in [-0.05, 0) is 29.2 Å². The first kappa shape index (κ1) is 13.9. The molecule has 1 N–H and O–H groups in total. The Labute approximate surface area is 125 Å². The van der Waals surface area contributed by atoms with E-state index in [1.807, 2.05) is 23.9 Å². The quantitative estimate of drug-likeness (QED) is 0.935. The molecule has 0 saturated carbocycles. The lowest BCUT2D eigenvalue weighted by molar-refractivity contribution is 0.0423. The van der Waals surface area contributed by atoms with Gasteiger partial charge in [0.2, 0.25) is 0 Å². The van der Waals surface area contributed by atoms with Gasteiger partial charge in [-0.1, -0.05) is 24.3 Å². The third-order valence-corrected chi connectivity index (χ3v) is 3.93. The van der Waals surface area contributed by atoms with Crippen molar-refractivity contribution in [3.63, 3.8) is 0 Å². The van der Waals surface area contributed by atoms with Crippen LogP contribution in [-0.2, 0) is 24.8 Å². The topological polar surface area (TPSA) is 50.0 Å². The normalized spacial score (nSPS) is 17.2. The number of aromatic nitrogens is 1. The van der Waals surface area contributed by atoms with Crippen LogP contribution in [0, 0.1) is 11.3 Å². The molecule has 0 aliphatic carbocycles. The fraction of sp³-hybridized carbons (Fsp3) is 0.353. The number of hydrogen-bond acceptors (Lipinski definition) is 3. The summed E-state index contributed by atoms with van der Waals surface area (Å²) in [7, 11) is 1.89. The lowest BCUT2D eigenvalue weighted by Gasteiger charge is -2.26.